The van der Waals surface area contributed by atoms with Crippen molar-refractivity contribution in [2.24, 2.45) is 0 Å². The smallest absolute Gasteiger partial charge is 0.178 e. The minimum absolute atomic E-state index is 0.0153. The standard InChI is InChI=1S/C23H26ClF3N6O4/c1-23(6-11(25)7-23)33-8-12(28-31-33)5-16-22(36-2)20(21(35)17(10-34)37-16)32-9-15(29-30-32)13-3-4-14(24)19(27)18(13)26/h3-4,8-9,11,16-17,20-22,34-35H,5-7,10H2,1-2H3. The Morgan fingerprint density at radius 1 is 1.16 bits per heavy atom. The lowest BCUT2D eigenvalue weighted by atomic mass is 9.77. The molecule has 1 aromatic carbocycles. The number of alkyl halides is 1. The van der Waals surface area contributed by atoms with Crippen LogP contribution in [-0.4, -0.2) is 84.5 Å². The fourth-order valence-electron chi connectivity index (χ4n) is 5.14. The van der Waals surface area contributed by atoms with Crippen LogP contribution in [0.1, 0.15) is 31.5 Å². The average Bonchev–Trinajstić information content (AvgIpc) is 3.52. The molecule has 2 aliphatic rings. The SMILES string of the molecule is COC1C(Cc2cn(C3(C)CC(F)C3)nn2)OC(CO)C(O)C1n1cc(-c2ccc(Cl)c(F)c2F)nn1. The van der Waals surface area contributed by atoms with E-state index >= 15 is 0 Å². The number of aliphatic hydroxyl groups is 2. The van der Waals surface area contributed by atoms with E-state index in [2.05, 4.69) is 20.6 Å². The van der Waals surface area contributed by atoms with Crippen molar-refractivity contribution >= 4 is 11.6 Å². The molecular weight excluding hydrogens is 517 g/mol. The van der Waals surface area contributed by atoms with Crippen molar-refractivity contribution in [2.75, 3.05) is 13.7 Å². The number of aliphatic hydroxyl groups excluding tert-OH is 2. The number of methoxy groups -OCH3 is 1. The number of ether oxygens (including phenoxy) is 2. The van der Waals surface area contributed by atoms with Gasteiger partial charge in [0.1, 0.15) is 36.2 Å². The lowest BCUT2D eigenvalue weighted by Gasteiger charge is -2.43. The van der Waals surface area contributed by atoms with E-state index in [0.29, 0.717) is 18.5 Å². The van der Waals surface area contributed by atoms with E-state index in [1.807, 2.05) is 6.92 Å². The number of nitrogens with zero attached hydrogens (tertiary/aromatic N) is 6. The maximum atomic E-state index is 14.5. The summed E-state index contributed by atoms with van der Waals surface area (Å²) < 4.78 is 56.5. The second kappa shape index (κ2) is 9.95. The van der Waals surface area contributed by atoms with Crippen LogP contribution in [0.5, 0.6) is 0 Å². The molecule has 14 heteroatoms. The molecule has 2 aromatic heterocycles. The minimum atomic E-state index is -1.27. The van der Waals surface area contributed by atoms with Gasteiger partial charge in [-0.05, 0) is 19.1 Å². The molecule has 5 rings (SSSR count). The molecule has 1 saturated carbocycles. The Balaban J connectivity index is 1.42. The first-order valence-corrected chi connectivity index (χ1v) is 12.1. The van der Waals surface area contributed by atoms with Gasteiger partial charge in [-0.25, -0.2) is 22.5 Å². The summed E-state index contributed by atoms with van der Waals surface area (Å²) in [4.78, 5) is 0. The summed E-state index contributed by atoms with van der Waals surface area (Å²) >= 11 is 5.65. The second-order valence-electron chi connectivity index (χ2n) is 9.74. The Bertz CT molecular complexity index is 1270. The van der Waals surface area contributed by atoms with Gasteiger partial charge in [-0.2, -0.15) is 0 Å². The topological polar surface area (TPSA) is 120 Å². The van der Waals surface area contributed by atoms with Gasteiger partial charge in [0.15, 0.2) is 11.6 Å². The van der Waals surface area contributed by atoms with Crippen LogP contribution in [0.15, 0.2) is 24.5 Å². The number of aromatic nitrogens is 6. The van der Waals surface area contributed by atoms with Crippen molar-refractivity contribution in [3.63, 3.8) is 0 Å². The van der Waals surface area contributed by atoms with Crippen molar-refractivity contribution in [3.8, 4) is 11.3 Å². The zero-order chi connectivity index (χ0) is 26.5. The Morgan fingerprint density at radius 3 is 2.59 bits per heavy atom. The molecule has 10 nitrogen and oxygen atoms in total. The largest absolute Gasteiger partial charge is 0.394 e. The van der Waals surface area contributed by atoms with Gasteiger partial charge in [0.25, 0.3) is 0 Å². The number of rotatable bonds is 7. The van der Waals surface area contributed by atoms with Crippen molar-refractivity contribution in [2.45, 2.75) is 68.4 Å². The summed E-state index contributed by atoms with van der Waals surface area (Å²) in [5, 5.41) is 36.8. The lowest BCUT2D eigenvalue weighted by Crippen LogP contribution is -2.57. The summed E-state index contributed by atoms with van der Waals surface area (Å²) in [5.74, 6) is -2.38. The molecular formula is C23H26ClF3N6O4. The highest BCUT2D eigenvalue weighted by atomic mass is 35.5. The van der Waals surface area contributed by atoms with Crippen LogP contribution in [0.3, 0.4) is 0 Å². The molecule has 0 bridgehead atoms. The monoisotopic (exact) mass is 542 g/mol. The molecule has 1 saturated heterocycles. The third-order valence-electron chi connectivity index (χ3n) is 7.19. The van der Waals surface area contributed by atoms with Crippen molar-refractivity contribution in [3.05, 3.63) is 46.9 Å². The predicted octanol–water partition coefficient (Wildman–Crippen LogP) is 2.23. The van der Waals surface area contributed by atoms with Gasteiger partial charge in [0, 0.05) is 38.1 Å². The van der Waals surface area contributed by atoms with Gasteiger partial charge in [-0.3, -0.25) is 0 Å². The highest BCUT2D eigenvalue weighted by molar-refractivity contribution is 6.30. The molecule has 0 spiro atoms. The first-order valence-electron chi connectivity index (χ1n) is 11.7. The molecule has 2 fully saturated rings. The Kier molecular flexibility index (Phi) is 7.00. The number of hydrogen-bond donors (Lipinski definition) is 2. The lowest BCUT2D eigenvalue weighted by molar-refractivity contribution is -0.212. The number of benzene rings is 1. The zero-order valence-electron chi connectivity index (χ0n) is 20.0. The van der Waals surface area contributed by atoms with Crippen molar-refractivity contribution in [1.82, 2.24) is 30.0 Å². The van der Waals surface area contributed by atoms with E-state index in [0.717, 1.165) is 0 Å². The molecule has 1 aliphatic heterocycles. The van der Waals surface area contributed by atoms with Crippen LogP contribution in [0, 0.1) is 11.6 Å². The molecule has 2 N–H and O–H groups in total. The van der Waals surface area contributed by atoms with E-state index in [9.17, 15) is 23.4 Å². The highest BCUT2D eigenvalue weighted by Crippen LogP contribution is 2.40. The normalized spacial score (nSPS) is 31.9. The van der Waals surface area contributed by atoms with Gasteiger partial charge < -0.3 is 19.7 Å². The molecule has 5 atom stereocenters. The van der Waals surface area contributed by atoms with Crippen molar-refractivity contribution < 1.29 is 32.9 Å². The first kappa shape index (κ1) is 26.0. The molecule has 0 amide bonds. The molecule has 3 heterocycles. The van der Waals surface area contributed by atoms with E-state index in [1.165, 1.54) is 30.1 Å². The molecule has 200 valence electrons. The van der Waals surface area contributed by atoms with Gasteiger partial charge in [0.05, 0.1) is 35.2 Å². The number of halogens is 4. The fourth-order valence-corrected chi connectivity index (χ4v) is 5.29. The van der Waals surface area contributed by atoms with E-state index < -0.39 is 60.4 Å². The van der Waals surface area contributed by atoms with Crippen LogP contribution < -0.4 is 0 Å². The van der Waals surface area contributed by atoms with Crippen LogP contribution in [-0.2, 0) is 21.4 Å². The van der Waals surface area contributed by atoms with E-state index in [1.54, 1.807) is 10.9 Å². The molecule has 1 aliphatic carbocycles. The molecule has 37 heavy (non-hydrogen) atoms. The van der Waals surface area contributed by atoms with E-state index in [4.69, 9.17) is 21.1 Å². The average molecular weight is 543 g/mol. The maximum Gasteiger partial charge on any atom is 0.178 e. The van der Waals surface area contributed by atoms with Gasteiger partial charge in [-0.15, -0.1) is 10.2 Å². The fraction of sp³-hybridized carbons (Fsp3) is 0.565. The van der Waals surface area contributed by atoms with Crippen LogP contribution in [0.25, 0.3) is 11.3 Å². The first-order chi connectivity index (χ1) is 17.6. The number of hydrogen-bond acceptors (Lipinski definition) is 8. The Labute approximate surface area is 214 Å². The van der Waals surface area contributed by atoms with Gasteiger partial charge in [0.2, 0.25) is 0 Å². The third-order valence-corrected chi connectivity index (χ3v) is 7.48. The third kappa shape index (κ3) is 4.63. The summed E-state index contributed by atoms with van der Waals surface area (Å²) in [5.41, 5.74) is -0.0314. The predicted molar refractivity (Wildman–Crippen MR) is 123 cm³/mol. The quantitative estimate of drug-likeness (QED) is 0.436. The second-order valence-corrected chi connectivity index (χ2v) is 10.2. The summed E-state index contributed by atoms with van der Waals surface area (Å²) in [7, 11) is 1.43. The molecule has 3 aromatic rings. The summed E-state index contributed by atoms with van der Waals surface area (Å²) in [6, 6.07) is 1.59. The van der Waals surface area contributed by atoms with Gasteiger partial charge >= 0.3 is 0 Å². The molecule has 0 radical (unpaired) electrons. The highest BCUT2D eigenvalue weighted by Gasteiger charge is 2.48. The molecule has 5 unspecified atom stereocenters. The van der Waals surface area contributed by atoms with Crippen LogP contribution in [0.2, 0.25) is 5.02 Å². The Morgan fingerprint density at radius 2 is 1.92 bits per heavy atom. The van der Waals surface area contributed by atoms with Gasteiger partial charge in [-0.1, -0.05) is 22.0 Å². The Hall–Kier alpha value is -2.58. The summed E-state index contributed by atoms with van der Waals surface area (Å²) in [6.07, 6.45) is -0.621. The van der Waals surface area contributed by atoms with Crippen molar-refractivity contribution in [1.29, 1.82) is 0 Å². The minimum Gasteiger partial charge on any atom is -0.394 e. The summed E-state index contributed by atoms with van der Waals surface area (Å²) in [6.45, 7) is 1.41. The zero-order valence-corrected chi connectivity index (χ0v) is 20.8. The maximum absolute atomic E-state index is 14.5. The van der Waals surface area contributed by atoms with E-state index in [-0.39, 0.29) is 22.7 Å². The van der Waals surface area contributed by atoms with Crippen LogP contribution in [0.4, 0.5) is 13.2 Å². The van der Waals surface area contributed by atoms with Crippen LogP contribution >= 0.6 is 11.6 Å².